The lowest BCUT2D eigenvalue weighted by atomic mass is 9.84. The van der Waals surface area contributed by atoms with Crippen LogP contribution in [0.2, 0.25) is 0 Å². The van der Waals surface area contributed by atoms with Crippen LogP contribution in [0.4, 0.5) is 0 Å². The molecule has 0 bridgehead atoms. The van der Waals surface area contributed by atoms with Crippen molar-refractivity contribution in [3.63, 3.8) is 0 Å². The van der Waals surface area contributed by atoms with Gasteiger partial charge in [0.15, 0.2) is 0 Å². The second kappa shape index (κ2) is 5.17. The Kier molecular flexibility index (Phi) is 3.85. The highest BCUT2D eigenvalue weighted by molar-refractivity contribution is 5.79. The predicted octanol–water partition coefficient (Wildman–Crippen LogP) is 1.81. The molecule has 2 fully saturated rings. The summed E-state index contributed by atoms with van der Waals surface area (Å²) in [6, 6.07) is 0.504. The van der Waals surface area contributed by atoms with Crippen LogP contribution < -0.4 is 11.1 Å². The molecule has 0 aromatic carbocycles. The van der Waals surface area contributed by atoms with Crippen LogP contribution in [0.25, 0.3) is 0 Å². The van der Waals surface area contributed by atoms with Crippen LogP contribution in [-0.2, 0) is 4.79 Å². The van der Waals surface area contributed by atoms with Gasteiger partial charge in [-0.15, -0.1) is 0 Å². The molecule has 2 aliphatic rings. The molecular formula is C13H24N2O. The lowest BCUT2D eigenvalue weighted by molar-refractivity contribution is -0.127. The number of carbonyl (C=O) groups is 1. The van der Waals surface area contributed by atoms with Gasteiger partial charge in [-0.3, -0.25) is 4.79 Å². The molecule has 0 heterocycles. The number of hydrogen-bond acceptors (Lipinski definition) is 2. The first-order chi connectivity index (χ1) is 7.66. The summed E-state index contributed by atoms with van der Waals surface area (Å²) in [6.07, 6.45) is 7.89. The summed E-state index contributed by atoms with van der Waals surface area (Å²) in [4.78, 5) is 12.1. The zero-order valence-corrected chi connectivity index (χ0v) is 10.2. The zero-order chi connectivity index (χ0) is 11.5. The molecule has 2 rings (SSSR count). The predicted molar refractivity (Wildman–Crippen MR) is 64.9 cm³/mol. The maximum absolute atomic E-state index is 12.1. The first-order valence-corrected chi connectivity index (χ1v) is 6.72. The van der Waals surface area contributed by atoms with Crippen LogP contribution in [0.3, 0.4) is 0 Å². The fourth-order valence-corrected chi connectivity index (χ4v) is 3.13. The van der Waals surface area contributed by atoms with E-state index in [2.05, 4.69) is 12.2 Å². The zero-order valence-electron chi connectivity index (χ0n) is 10.2. The van der Waals surface area contributed by atoms with Crippen molar-refractivity contribution in [2.45, 2.75) is 64.0 Å². The second-order valence-corrected chi connectivity index (χ2v) is 5.68. The van der Waals surface area contributed by atoms with E-state index in [4.69, 9.17) is 5.73 Å². The van der Waals surface area contributed by atoms with E-state index in [0.29, 0.717) is 6.04 Å². The molecule has 0 aliphatic heterocycles. The summed E-state index contributed by atoms with van der Waals surface area (Å²) < 4.78 is 0. The molecule has 3 nitrogen and oxygen atoms in total. The Morgan fingerprint density at radius 1 is 1.19 bits per heavy atom. The maximum Gasteiger partial charge on any atom is 0.224 e. The minimum atomic E-state index is 0.0738. The van der Waals surface area contributed by atoms with Crippen LogP contribution in [-0.4, -0.2) is 18.0 Å². The second-order valence-electron chi connectivity index (χ2n) is 5.68. The van der Waals surface area contributed by atoms with E-state index in [1.54, 1.807) is 0 Å². The lowest BCUT2D eigenvalue weighted by Gasteiger charge is -2.28. The molecule has 3 heteroatoms. The number of nitrogens with one attached hydrogen (secondary N) is 1. The van der Waals surface area contributed by atoms with Gasteiger partial charge in [0.05, 0.1) is 5.92 Å². The van der Waals surface area contributed by atoms with Gasteiger partial charge >= 0.3 is 0 Å². The van der Waals surface area contributed by atoms with Gasteiger partial charge in [0, 0.05) is 12.1 Å². The monoisotopic (exact) mass is 224 g/mol. The van der Waals surface area contributed by atoms with Crippen molar-refractivity contribution >= 4 is 5.91 Å². The number of rotatable bonds is 2. The summed E-state index contributed by atoms with van der Waals surface area (Å²) in [6.45, 7) is 2.26. The minimum Gasteiger partial charge on any atom is -0.353 e. The van der Waals surface area contributed by atoms with Crippen molar-refractivity contribution in [2.75, 3.05) is 0 Å². The van der Waals surface area contributed by atoms with Crippen LogP contribution in [0.1, 0.15) is 51.9 Å². The van der Waals surface area contributed by atoms with Crippen molar-refractivity contribution in [1.82, 2.24) is 5.32 Å². The summed E-state index contributed by atoms with van der Waals surface area (Å²) in [5.41, 5.74) is 6.02. The van der Waals surface area contributed by atoms with Crippen LogP contribution in [0.15, 0.2) is 0 Å². The molecule has 0 spiro atoms. The van der Waals surface area contributed by atoms with E-state index < -0.39 is 0 Å². The van der Waals surface area contributed by atoms with Crippen molar-refractivity contribution < 1.29 is 4.79 Å². The van der Waals surface area contributed by atoms with Crippen molar-refractivity contribution in [3.05, 3.63) is 0 Å². The van der Waals surface area contributed by atoms with Gasteiger partial charge in [-0.05, 0) is 38.0 Å². The van der Waals surface area contributed by atoms with Crippen LogP contribution in [0.5, 0.6) is 0 Å². The quantitative estimate of drug-likeness (QED) is 0.751. The Morgan fingerprint density at radius 2 is 1.94 bits per heavy atom. The summed E-state index contributed by atoms with van der Waals surface area (Å²) in [5.74, 6) is 1.06. The van der Waals surface area contributed by atoms with E-state index in [0.717, 1.165) is 38.0 Å². The highest BCUT2D eigenvalue weighted by Gasteiger charge is 2.31. The molecule has 2 aliphatic carbocycles. The number of hydrogen-bond donors (Lipinski definition) is 2. The Morgan fingerprint density at radius 3 is 2.56 bits per heavy atom. The summed E-state index contributed by atoms with van der Waals surface area (Å²) in [7, 11) is 0. The molecule has 0 radical (unpaired) electrons. The van der Waals surface area contributed by atoms with Gasteiger partial charge < -0.3 is 11.1 Å². The van der Waals surface area contributed by atoms with E-state index >= 15 is 0 Å². The molecule has 0 aromatic rings. The fourth-order valence-electron chi connectivity index (χ4n) is 3.13. The molecule has 3 N–H and O–H groups in total. The highest BCUT2D eigenvalue weighted by Crippen LogP contribution is 2.27. The van der Waals surface area contributed by atoms with Crippen LogP contribution >= 0.6 is 0 Å². The normalized spacial score (nSPS) is 39.6. The average molecular weight is 224 g/mol. The van der Waals surface area contributed by atoms with Crippen LogP contribution in [0, 0.1) is 11.8 Å². The Hall–Kier alpha value is -0.570. The molecule has 1 amide bonds. The smallest absolute Gasteiger partial charge is 0.224 e. The number of nitrogens with two attached hydrogens (primary N) is 1. The van der Waals surface area contributed by atoms with E-state index in [1.807, 2.05) is 0 Å². The van der Waals surface area contributed by atoms with Crippen molar-refractivity contribution in [3.8, 4) is 0 Å². The molecule has 0 saturated heterocycles. The molecular weight excluding hydrogens is 200 g/mol. The molecule has 2 saturated carbocycles. The Bertz CT molecular complexity index is 254. The largest absolute Gasteiger partial charge is 0.353 e. The topological polar surface area (TPSA) is 55.1 Å². The third-order valence-corrected chi connectivity index (χ3v) is 4.20. The molecule has 92 valence electrons. The summed E-state index contributed by atoms with van der Waals surface area (Å²) in [5, 5.41) is 3.19. The van der Waals surface area contributed by atoms with Gasteiger partial charge in [0.2, 0.25) is 5.91 Å². The molecule has 0 aromatic heterocycles. The van der Waals surface area contributed by atoms with E-state index in [1.165, 1.54) is 12.8 Å². The maximum atomic E-state index is 12.1. The van der Waals surface area contributed by atoms with Gasteiger partial charge in [-0.1, -0.05) is 19.8 Å². The van der Waals surface area contributed by atoms with E-state index in [9.17, 15) is 4.79 Å². The van der Waals surface area contributed by atoms with Gasteiger partial charge in [0.1, 0.15) is 0 Å². The van der Waals surface area contributed by atoms with Gasteiger partial charge in [-0.2, -0.15) is 0 Å². The van der Waals surface area contributed by atoms with E-state index in [-0.39, 0.29) is 17.9 Å². The SMILES string of the molecule is CC1CCC(NC(=O)C2CCCCC2N)C1. The first-order valence-electron chi connectivity index (χ1n) is 6.72. The minimum absolute atomic E-state index is 0.0738. The molecule has 4 unspecified atom stereocenters. The van der Waals surface area contributed by atoms with Gasteiger partial charge in [-0.25, -0.2) is 0 Å². The highest BCUT2D eigenvalue weighted by atomic mass is 16.2. The summed E-state index contributed by atoms with van der Waals surface area (Å²) >= 11 is 0. The lowest BCUT2D eigenvalue weighted by Crippen LogP contribution is -2.46. The standard InChI is InChI=1S/C13H24N2O/c1-9-6-7-10(8-9)15-13(16)11-4-2-3-5-12(11)14/h9-12H,2-8,14H2,1H3,(H,15,16). The third kappa shape index (κ3) is 2.76. The number of amides is 1. The van der Waals surface area contributed by atoms with Crippen molar-refractivity contribution in [1.29, 1.82) is 0 Å². The fraction of sp³-hybridized carbons (Fsp3) is 0.923. The molecule has 4 atom stereocenters. The average Bonchev–Trinajstić information content (AvgIpc) is 2.64. The van der Waals surface area contributed by atoms with Crippen molar-refractivity contribution in [2.24, 2.45) is 17.6 Å². The Labute approximate surface area is 98.2 Å². The molecule has 16 heavy (non-hydrogen) atoms. The van der Waals surface area contributed by atoms with Gasteiger partial charge in [0.25, 0.3) is 0 Å². The Balaban J connectivity index is 1.82. The third-order valence-electron chi connectivity index (χ3n) is 4.20. The first kappa shape index (κ1) is 11.9. The number of carbonyl (C=O) groups excluding carboxylic acids is 1.